The normalized spacial score (nSPS) is 15.4. The number of nitrogens with one attached hydrogen (secondary N) is 2. The van der Waals surface area contributed by atoms with Crippen LogP contribution in [0.5, 0.6) is 11.5 Å². The summed E-state index contributed by atoms with van der Waals surface area (Å²) in [5.74, 6) is -1.73. The van der Waals surface area contributed by atoms with Crippen molar-refractivity contribution in [2.45, 2.75) is 6.42 Å². The zero-order valence-electron chi connectivity index (χ0n) is 24.7. The zero-order chi connectivity index (χ0) is 31.2. The number of nitrogens with zero attached hydrogens (tertiary/aromatic N) is 3. The minimum atomic E-state index is -0.812. The minimum absolute atomic E-state index is 0.0506. The standard InChI is InChI=1S/C32H35F2N5O5/c1-43-28-7-5-21(19-29(28)44-2)30(40)36-26-18-22(31(41)38-10-3-8-35-9-11-38)4-6-27(26)37-12-14-39(15-13-37)32(42)23-16-24(33)20-25(34)17-23/h4-7,16-20,35H,3,8-15H2,1-2H3,(H,36,40). The first kappa shape index (κ1) is 30.7. The summed E-state index contributed by atoms with van der Waals surface area (Å²) in [5.41, 5.74) is 1.85. The Morgan fingerprint density at radius 3 is 2.07 bits per heavy atom. The lowest BCUT2D eigenvalue weighted by Crippen LogP contribution is -2.49. The van der Waals surface area contributed by atoms with E-state index < -0.39 is 23.4 Å². The number of amides is 3. The summed E-state index contributed by atoms with van der Waals surface area (Å²) < 4.78 is 38.1. The molecule has 44 heavy (non-hydrogen) atoms. The summed E-state index contributed by atoms with van der Waals surface area (Å²) >= 11 is 0. The molecule has 2 heterocycles. The van der Waals surface area contributed by atoms with E-state index in [-0.39, 0.29) is 11.5 Å². The fraction of sp³-hybridized carbons (Fsp3) is 0.344. The number of ether oxygens (including phenoxy) is 2. The molecule has 232 valence electrons. The number of halogens is 2. The van der Waals surface area contributed by atoms with Gasteiger partial charge in [0, 0.05) is 68.6 Å². The molecule has 0 radical (unpaired) electrons. The molecule has 0 spiro atoms. The second-order valence-corrected chi connectivity index (χ2v) is 10.6. The highest BCUT2D eigenvalue weighted by molar-refractivity contribution is 6.07. The molecule has 2 fully saturated rings. The van der Waals surface area contributed by atoms with Gasteiger partial charge in [-0.25, -0.2) is 8.78 Å². The second kappa shape index (κ2) is 13.7. The van der Waals surface area contributed by atoms with Crippen molar-refractivity contribution in [1.29, 1.82) is 0 Å². The third-order valence-electron chi connectivity index (χ3n) is 7.78. The summed E-state index contributed by atoms with van der Waals surface area (Å²) in [4.78, 5) is 45.2. The van der Waals surface area contributed by atoms with Gasteiger partial charge in [0.05, 0.1) is 25.6 Å². The maximum Gasteiger partial charge on any atom is 0.255 e. The van der Waals surface area contributed by atoms with E-state index in [1.54, 1.807) is 41.3 Å². The molecule has 5 rings (SSSR count). The van der Waals surface area contributed by atoms with Crippen molar-refractivity contribution in [2.75, 3.05) is 76.8 Å². The van der Waals surface area contributed by atoms with Crippen LogP contribution in [0, 0.1) is 11.6 Å². The molecule has 12 heteroatoms. The lowest BCUT2D eigenvalue weighted by atomic mass is 10.1. The molecule has 0 aliphatic carbocycles. The molecule has 3 aromatic carbocycles. The van der Waals surface area contributed by atoms with Gasteiger partial charge >= 0.3 is 0 Å². The highest BCUT2D eigenvalue weighted by atomic mass is 19.1. The van der Waals surface area contributed by atoms with Gasteiger partial charge in [0.15, 0.2) is 11.5 Å². The smallest absolute Gasteiger partial charge is 0.255 e. The maximum absolute atomic E-state index is 13.7. The molecule has 0 aromatic heterocycles. The van der Waals surface area contributed by atoms with Gasteiger partial charge in [0.2, 0.25) is 0 Å². The molecule has 2 aliphatic heterocycles. The van der Waals surface area contributed by atoms with Crippen molar-refractivity contribution in [2.24, 2.45) is 0 Å². The Kier molecular flexibility index (Phi) is 9.59. The number of carbonyl (C=O) groups is 3. The molecule has 10 nitrogen and oxygen atoms in total. The van der Waals surface area contributed by atoms with E-state index in [0.29, 0.717) is 79.8 Å². The van der Waals surface area contributed by atoms with Gasteiger partial charge in [0.1, 0.15) is 11.6 Å². The Labute approximate surface area is 254 Å². The predicted octanol–water partition coefficient (Wildman–Crippen LogP) is 3.63. The Hall–Kier alpha value is -4.71. The van der Waals surface area contributed by atoms with E-state index in [0.717, 1.165) is 31.2 Å². The van der Waals surface area contributed by atoms with Crippen LogP contribution in [0.25, 0.3) is 0 Å². The van der Waals surface area contributed by atoms with Crippen LogP contribution >= 0.6 is 0 Å². The summed E-state index contributed by atoms with van der Waals surface area (Å²) in [6.45, 7) is 4.14. The van der Waals surface area contributed by atoms with Gasteiger partial charge < -0.3 is 34.8 Å². The van der Waals surface area contributed by atoms with E-state index in [4.69, 9.17) is 9.47 Å². The largest absolute Gasteiger partial charge is 0.493 e. The third kappa shape index (κ3) is 6.91. The number of hydrogen-bond acceptors (Lipinski definition) is 7. The van der Waals surface area contributed by atoms with Crippen LogP contribution in [0.2, 0.25) is 0 Å². The van der Waals surface area contributed by atoms with Gasteiger partial charge in [-0.3, -0.25) is 14.4 Å². The van der Waals surface area contributed by atoms with E-state index in [2.05, 4.69) is 10.6 Å². The average Bonchev–Trinajstić information content (AvgIpc) is 3.33. The van der Waals surface area contributed by atoms with Crippen molar-refractivity contribution in [3.63, 3.8) is 0 Å². The number of hydrogen-bond donors (Lipinski definition) is 2. The number of carbonyl (C=O) groups excluding carboxylic acids is 3. The topological polar surface area (TPSA) is 103 Å². The van der Waals surface area contributed by atoms with Crippen LogP contribution in [-0.2, 0) is 0 Å². The van der Waals surface area contributed by atoms with Gasteiger partial charge in [-0.15, -0.1) is 0 Å². The SMILES string of the molecule is COc1ccc(C(=O)Nc2cc(C(=O)N3CCCNCC3)ccc2N2CCN(C(=O)c3cc(F)cc(F)c3)CC2)cc1OC. The lowest BCUT2D eigenvalue weighted by Gasteiger charge is -2.37. The van der Waals surface area contributed by atoms with Crippen molar-refractivity contribution in [1.82, 2.24) is 15.1 Å². The molecule has 0 unspecified atom stereocenters. The van der Waals surface area contributed by atoms with Crippen molar-refractivity contribution in [3.8, 4) is 11.5 Å². The van der Waals surface area contributed by atoms with Crippen LogP contribution in [0.15, 0.2) is 54.6 Å². The van der Waals surface area contributed by atoms with E-state index >= 15 is 0 Å². The lowest BCUT2D eigenvalue weighted by molar-refractivity contribution is 0.0743. The Bertz CT molecular complexity index is 1520. The minimum Gasteiger partial charge on any atom is -0.493 e. The fourth-order valence-corrected chi connectivity index (χ4v) is 5.46. The predicted molar refractivity (Wildman–Crippen MR) is 162 cm³/mol. The Morgan fingerprint density at radius 2 is 1.36 bits per heavy atom. The van der Waals surface area contributed by atoms with E-state index in [1.165, 1.54) is 19.1 Å². The number of anilines is 2. The maximum atomic E-state index is 13.7. The Morgan fingerprint density at radius 1 is 0.705 bits per heavy atom. The first-order valence-electron chi connectivity index (χ1n) is 14.4. The monoisotopic (exact) mass is 607 g/mol. The van der Waals surface area contributed by atoms with E-state index in [1.807, 2.05) is 4.90 Å². The van der Waals surface area contributed by atoms with Crippen LogP contribution in [0.4, 0.5) is 20.2 Å². The number of piperazine rings is 1. The number of methoxy groups -OCH3 is 2. The van der Waals surface area contributed by atoms with Crippen LogP contribution < -0.4 is 25.0 Å². The van der Waals surface area contributed by atoms with Crippen molar-refractivity contribution < 1.29 is 32.6 Å². The molecular weight excluding hydrogens is 572 g/mol. The Balaban J connectivity index is 1.39. The first-order valence-corrected chi connectivity index (χ1v) is 14.4. The quantitative estimate of drug-likeness (QED) is 0.423. The van der Waals surface area contributed by atoms with Crippen molar-refractivity contribution >= 4 is 29.1 Å². The van der Waals surface area contributed by atoms with Crippen LogP contribution in [0.3, 0.4) is 0 Å². The fourth-order valence-electron chi connectivity index (χ4n) is 5.46. The molecule has 3 aromatic rings. The average molecular weight is 608 g/mol. The molecule has 2 saturated heterocycles. The molecule has 2 aliphatic rings. The van der Waals surface area contributed by atoms with Gasteiger partial charge in [0.25, 0.3) is 17.7 Å². The van der Waals surface area contributed by atoms with Gasteiger partial charge in [-0.1, -0.05) is 0 Å². The van der Waals surface area contributed by atoms with Gasteiger partial charge in [-0.05, 0) is 61.5 Å². The van der Waals surface area contributed by atoms with Gasteiger partial charge in [-0.2, -0.15) is 0 Å². The molecule has 0 saturated carbocycles. The zero-order valence-corrected chi connectivity index (χ0v) is 24.7. The van der Waals surface area contributed by atoms with Crippen molar-refractivity contribution in [3.05, 3.63) is 82.9 Å². The van der Waals surface area contributed by atoms with Crippen LogP contribution in [-0.4, -0.2) is 94.1 Å². The summed E-state index contributed by atoms with van der Waals surface area (Å²) in [5, 5.41) is 6.27. The molecule has 0 bridgehead atoms. The molecular formula is C32H35F2N5O5. The molecule has 3 amide bonds. The number of rotatable bonds is 7. The van der Waals surface area contributed by atoms with E-state index in [9.17, 15) is 23.2 Å². The highest BCUT2D eigenvalue weighted by Gasteiger charge is 2.26. The molecule has 0 atom stereocenters. The first-order chi connectivity index (χ1) is 21.3. The number of benzene rings is 3. The third-order valence-corrected chi connectivity index (χ3v) is 7.78. The highest BCUT2D eigenvalue weighted by Crippen LogP contribution is 2.32. The summed E-state index contributed by atoms with van der Waals surface area (Å²) in [7, 11) is 3.00. The summed E-state index contributed by atoms with van der Waals surface area (Å²) in [6, 6.07) is 12.8. The van der Waals surface area contributed by atoms with Crippen LogP contribution in [0.1, 0.15) is 37.5 Å². The second-order valence-electron chi connectivity index (χ2n) is 10.6. The molecule has 2 N–H and O–H groups in total. The summed E-state index contributed by atoms with van der Waals surface area (Å²) in [6.07, 6.45) is 0.845.